The van der Waals surface area contributed by atoms with E-state index in [1.807, 2.05) is 0 Å². The lowest BCUT2D eigenvalue weighted by Gasteiger charge is -2.16. The number of carbonyl (C=O) groups excluding carboxylic acids is 3. The number of primary amides is 1. The number of hydrogen-bond donors (Lipinski definition) is 1. The second-order valence-electron chi connectivity index (χ2n) is 3.60. The highest BCUT2D eigenvalue weighted by Gasteiger charge is 2.38. The van der Waals surface area contributed by atoms with E-state index >= 15 is 0 Å². The van der Waals surface area contributed by atoms with Crippen LogP contribution in [0, 0.1) is 0 Å². The van der Waals surface area contributed by atoms with Gasteiger partial charge in [-0.1, -0.05) is 12.1 Å². The highest BCUT2D eigenvalue weighted by molar-refractivity contribution is 6.20. The average Bonchev–Trinajstić information content (AvgIpc) is 2.55. The minimum Gasteiger partial charge on any atom is -0.367 e. The van der Waals surface area contributed by atoms with Crippen molar-refractivity contribution < 1.29 is 19.2 Å². The van der Waals surface area contributed by atoms with Crippen molar-refractivity contribution in [2.75, 3.05) is 0 Å². The van der Waals surface area contributed by atoms with Gasteiger partial charge in [-0.15, -0.1) is 5.06 Å². The summed E-state index contributed by atoms with van der Waals surface area (Å²) in [6.07, 6.45) is -1.04. The summed E-state index contributed by atoms with van der Waals surface area (Å²) in [4.78, 5) is 39.3. The van der Waals surface area contributed by atoms with Gasteiger partial charge in [-0.3, -0.25) is 14.4 Å². The van der Waals surface area contributed by atoms with Crippen LogP contribution in [0.1, 0.15) is 27.6 Å². The molecule has 1 aromatic rings. The van der Waals surface area contributed by atoms with Gasteiger partial charge in [-0.2, -0.15) is 0 Å². The molecule has 0 saturated carbocycles. The van der Waals surface area contributed by atoms with E-state index < -0.39 is 23.8 Å². The highest BCUT2D eigenvalue weighted by Crippen LogP contribution is 2.23. The molecule has 3 amide bonds. The molecule has 0 saturated heterocycles. The molecule has 6 nitrogen and oxygen atoms in total. The molecule has 1 aliphatic heterocycles. The van der Waals surface area contributed by atoms with Gasteiger partial charge < -0.3 is 5.73 Å². The van der Waals surface area contributed by atoms with E-state index in [0.717, 1.165) is 0 Å². The van der Waals surface area contributed by atoms with Crippen LogP contribution >= 0.6 is 0 Å². The van der Waals surface area contributed by atoms with Crippen LogP contribution in [0.15, 0.2) is 24.3 Å². The number of nitrogens with zero attached hydrogens (tertiary/aromatic N) is 1. The van der Waals surface area contributed by atoms with Gasteiger partial charge in [0.2, 0.25) is 5.91 Å². The molecule has 1 aromatic carbocycles. The molecule has 0 bridgehead atoms. The van der Waals surface area contributed by atoms with Crippen molar-refractivity contribution in [1.82, 2.24) is 5.06 Å². The lowest BCUT2D eigenvalue weighted by atomic mass is 10.1. The van der Waals surface area contributed by atoms with E-state index in [1.165, 1.54) is 19.1 Å². The van der Waals surface area contributed by atoms with Crippen LogP contribution in [0.3, 0.4) is 0 Å². The summed E-state index contributed by atoms with van der Waals surface area (Å²) < 4.78 is 0. The van der Waals surface area contributed by atoms with Crippen molar-refractivity contribution in [2.24, 2.45) is 5.73 Å². The van der Waals surface area contributed by atoms with Crippen molar-refractivity contribution in [3.63, 3.8) is 0 Å². The minimum absolute atomic E-state index is 0.258. The topological polar surface area (TPSA) is 89.7 Å². The quantitative estimate of drug-likeness (QED) is 0.750. The van der Waals surface area contributed by atoms with Crippen molar-refractivity contribution in [2.45, 2.75) is 13.0 Å². The third-order valence-electron chi connectivity index (χ3n) is 2.42. The van der Waals surface area contributed by atoms with Crippen LogP contribution < -0.4 is 5.73 Å². The molecule has 0 unspecified atom stereocenters. The first-order valence-corrected chi connectivity index (χ1v) is 4.96. The summed E-state index contributed by atoms with van der Waals surface area (Å²) in [5.41, 5.74) is 5.51. The summed E-state index contributed by atoms with van der Waals surface area (Å²) in [6.45, 7) is 1.37. The van der Waals surface area contributed by atoms with E-state index in [0.29, 0.717) is 5.06 Å². The third-order valence-corrected chi connectivity index (χ3v) is 2.42. The monoisotopic (exact) mass is 234 g/mol. The van der Waals surface area contributed by atoms with Gasteiger partial charge in [-0.25, -0.2) is 4.84 Å². The van der Waals surface area contributed by atoms with Crippen molar-refractivity contribution in [3.8, 4) is 0 Å². The maximum absolute atomic E-state index is 11.8. The largest absolute Gasteiger partial charge is 0.367 e. The Morgan fingerprint density at radius 1 is 1.24 bits per heavy atom. The number of fused-ring (bicyclic) bond motifs is 1. The fourth-order valence-corrected chi connectivity index (χ4v) is 1.47. The lowest BCUT2D eigenvalue weighted by Crippen LogP contribution is -2.39. The first-order chi connectivity index (χ1) is 8.02. The SMILES string of the molecule is C[C@H](ON1C(=O)c2ccccc2C1=O)C(N)=O. The maximum Gasteiger partial charge on any atom is 0.285 e. The van der Waals surface area contributed by atoms with Gasteiger partial charge >= 0.3 is 0 Å². The molecule has 0 aromatic heterocycles. The van der Waals surface area contributed by atoms with Gasteiger partial charge in [-0.05, 0) is 19.1 Å². The zero-order chi connectivity index (χ0) is 12.6. The van der Waals surface area contributed by atoms with E-state index in [4.69, 9.17) is 10.6 Å². The smallest absolute Gasteiger partial charge is 0.285 e. The van der Waals surface area contributed by atoms with E-state index in [2.05, 4.69) is 0 Å². The standard InChI is InChI=1S/C11H10N2O4/c1-6(9(12)14)17-13-10(15)7-4-2-3-5-8(7)11(13)16/h2-6H,1H3,(H2,12,14)/t6-/m0/s1. The van der Waals surface area contributed by atoms with E-state index in [9.17, 15) is 14.4 Å². The summed E-state index contributed by atoms with van der Waals surface area (Å²) in [5.74, 6) is -1.92. The fourth-order valence-electron chi connectivity index (χ4n) is 1.47. The molecule has 0 spiro atoms. The van der Waals surface area contributed by atoms with Crippen molar-refractivity contribution in [3.05, 3.63) is 35.4 Å². The average molecular weight is 234 g/mol. The fraction of sp³-hybridized carbons (Fsp3) is 0.182. The first-order valence-electron chi connectivity index (χ1n) is 4.96. The number of imide groups is 1. The normalized spacial score (nSPS) is 15.9. The van der Waals surface area contributed by atoms with Gasteiger partial charge in [0.25, 0.3) is 11.8 Å². The Morgan fingerprint density at radius 2 is 1.71 bits per heavy atom. The molecule has 0 radical (unpaired) electrons. The Labute approximate surface area is 96.9 Å². The molecule has 17 heavy (non-hydrogen) atoms. The Bertz CT molecular complexity index is 477. The van der Waals surface area contributed by atoms with Gasteiger partial charge in [0.1, 0.15) is 0 Å². The molecular weight excluding hydrogens is 224 g/mol. The minimum atomic E-state index is -1.04. The molecule has 0 fully saturated rings. The Hall–Kier alpha value is -2.21. The zero-order valence-corrected chi connectivity index (χ0v) is 9.04. The van der Waals surface area contributed by atoms with Crippen molar-refractivity contribution >= 4 is 17.7 Å². The lowest BCUT2D eigenvalue weighted by molar-refractivity contribution is -0.153. The van der Waals surface area contributed by atoms with Gasteiger partial charge in [0.15, 0.2) is 6.10 Å². The number of benzene rings is 1. The summed E-state index contributed by atoms with van der Waals surface area (Å²) in [5, 5.41) is 0.570. The maximum atomic E-state index is 11.8. The molecule has 1 aliphatic rings. The van der Waals surface area contributed by atoms with Crippen LogP contribution in [0.2, 0.25) is 0 Å². The summed E-state index contributed by atoms with van der Waals surface area (Å²) in [7, 11) is 0. The number of carbonyl (C=O) groups is 3. The van der Waals surface area contributed by atoms with Crippen LogP contribution in [0.25, 0.3) is 0 Å². The van der Waals surface area contributed by atoms with Crippen LogP contribution in [0.5, 0.6) is 0 Å². The van der Waals surface area contributed by atoms with Crippen LogP contribution in [-0.4, -0.2) is 28.9 Å². The molecule has 1 atom stereocenters. The number of hydroxylamine groups is 2. The Balaban J connectivity index is 2.27. The van der Waals surface area contributed by atoms with Crippen molar-refractivity contribution in [1.29, 1.82) is 0 Å². The van der Waals surface area contributed by atoms with Gasteiger partial charge in [0, 0.05) is 0 Å². The predicted molar refractivity (Wildman–Crippen MR) is 56.7 cm³/mol. The highest BCUT2D eigenvalue weighted by atomic mass is 16.7. The molecule has 2 N–H and O–H groups in total. The van der Waals surface area contributed by atoms with Crippen LogP contribution in [0.4, 0.5) is 0 Å². The first kappa shape index (κ1) is 11.3. The molecular formula is C11H10N2O4. The Morgan fingerprint density at radius 3 is 2.12 bits per heavy atom. The second-order valence-corrected chi connectivity index (χ2v) is 3.60. The van der Waals surface area contributed by atoms with E-state index in [1.54, 1.807) is 12.1 Å². The molecule has 6 heteroatoms. The predicted octanol–water partition coefficient (Wildman–Crippen LogP) is 0.0880. The number of hydrogen-bond acceptors (Lipinski definition) is 4. The molecule has 0 aliphatic carbocycles. The molecule has 1 heterocycles. The second kappa shape index (κ2) is 3.99. The number of rotatable bonds is 3. The molecule has 2 rings (SSSR count). The van der Waals surface area contributed by atoms with E-state index in [-0.39, 0.29) is 11.1 Å². The van der Waals surface area contributed by atoms with Gasteiger partial charge in [0.05, 0.1) is 11.1 Å². The zero-order valence-electron chi connectivity index (χ0n) is 9.04. The third kappa shape index (κ3) is 1.78. The summed E-state index contributed by atoms with van der Waals surface area (Å²) >= 11 is 0. The number of amides is 3. The Kier molecular flexibility index (Phi) is 2.64. The molecule has 88 valence electrons. The number of nitrogens with two attached hydrogens (primary N) is 1. The van der Waals surface area contributed by atoms with Crippen LogP contribution in [-0.2, 0) is 9.63 Å². The summed E-state index contributed by atoms with van der Waals surface area (Å²) in [6, 6.07) is 6.33.